The summed E-state index contributed by atoms with van der Waals surface area (Å²) in [7, 11) is 0. The molecule has 0 aliphatic rings. The van der Waals surface area contributed by atoms with Crippen LogP contribution in [0.25, 0.3) is 0 Å². The molecule has 2 unspecified atom stereocenters. The van der Waals surface area contributed by atoms with Gasteiger partial charge in [-0.2, -0.15) is 0 Å². The Labute approximate surface area is 132 Å². The highest BCUT2D eigenvalue weighted by atomic mass is 16.6. The molecular weight excluding hydrogens is 320 g/mol. The van der Waals surface area contributed by atoms with Gasteiger partial charge in [-0.15, -0.1) is 0 Å². The van der Waals surface area contributed by atoms with E-state index in [1.54, 1.807) is 0 Å². The fourth-order valence-corrected chi connectivity index (χ4v) is 1.80. The molecule has 0 heterocycles. The van der Waals surface area contributed by atoms with Gasteiger partial charge in [0.1, 0.15) is 24.4 Å². The van der Waals surface area contributed by atoms with E-state index in [-0.39, 0.29) is 12.8 Å². The Morgan fingerprint density at radius 3 is 1.57 bits per heavy atom. The van der Waals surface area contributed by atoms with Crippen molar-refractivity contribution in [3.63, 3.8) is 0 Å². The first kappa shape index (κ1) is 22.6. The molecule has 0 spiro atoms. The van der Waals surface area contributed by atoms with Crippen LogP contribution in [0.15, 0.2) is 0 Å². The molecule has 0 aliphatic heterocycles. The molecule has 0 radical (unpaired) electrons. The summed E-state index contributed by atoms with van der Waals surface area (Å²) in [6.45, 7) is -1.04. The van der Waals surface area contributed by atoms with Crippen LogP contribution in [0.5, 0.6) is 0 Å². The lowest BCUT2D eigenvalue weighted by Crippen LogP contribution is -2.51. The third-order valence-electron chi connectivity index (χ3n) is 3.23. The minimum atomic E-state index is -2.31. The average Bonchev–Trinajstić information content (AvgIpc) is 2.51. The molecule has 0 aromatic heterocycles. The molecule has 0 saturated heterocycles. The number of rotatable bonds is 12. The monoisotopic (exact) mass is 346 g/mol. The SMILES string of the molecule is OCC[C@H](O[C@@H](O)C(O)[C@@H](O)[C@@H](O)CCO)C(O)[C@H](O)C(O)O. The highest BCUT2D eigenvalue weighted by molar-refractivity contribution is 4.81. The van der Waals surface area contributed by atoms with E-state index in [4.69, 9.17) is 25.2 Å². The zero-order valence-electron chi connectivity index (χ0n) is 12.3. The van der Waals surface area contributed by atoms with Gasteiger partial charge in [-0.05, 0) is 12.8 Å². The van der Waals surface area contributed by atoms with Crippen LogP contribution in [0, 0.1) is 0 Å². The first-order valence-corrected chi connectivity index (χ1v) is 6.99. The van der Waals surface area contributed by atoms with E-state index in [9.17, 15) is 30.6 Å². The first-order chi connectivity index (χ1) is 10.7. The van der Waals surface area contributed by atoms with Crippen molar-refractivity contribution in [3.8, 4) is 0 Å². The van der Waals surface area contributed by atoms with Gasteiger partial charge in [0, 0.05) is 13.2 Å². The number of hydrogen-bond acceptors (Lipinski definition) is 11. The van der Waals surface area contributed by atoms with Gasteiger partial charge in [-0.25, -0.2) is 0 Å². The van der Waals surface area contributed by atoms with Gasteiger partial charge in [0.15, 0.2) is 12.6 Å². The van der Waals surface area contributed by atoms with Crippen molar-refractivity contribution in [1.82, 2.24) is 0 Å². The highest BCUT2D eigenvalue weighted by Crippen LogP contribution is 2.16. The lowest BCUT2D eigenvalue weighted by Gasteiger charge is -2.32. The Morgan fingerprint density at radius 2 is 1.13 bits per heavy atom. The number of aliphatic hydroxyl groups is 10. The van der Waals surface area contributed by atoms with Crippen LogP contribution < -0.4 is 0 Å². The Hall–Kier alpha value is -0.440. The highest BCUT2D eigenvalue weighted by Gasteiger charge is 2.36. The minimum absolute atomic E-state index is 0.275. The van der Waals surface area contributed by atoms with Crippen LogP contribution in [-0.4, -0.2) is 113 Å². The summed E-state index contributed by atoms with van der Waals surface area (Å²) in [6.07, 6.45) is -16.0. The molecule has 23 heavy (non-hydrogen) atoms. The van der Waals surface area contributed by atoms with E-state index >= 15 is 0 Å². The van der Waals surface area contributed by atoms with E-state index in [0.717, 1.165) is 0 Å². The van der Waals surface area contributed by atoms with Gasteiger partial charge < -0.3 is 55.8 Å². The van der Waals surface area contributed by atoms with Crippen LogP contribution in [0.1, 0.15) is 12.8 Å². The van der Waals surface area contributed by atoms with Crippen molar-refractivity contribution in [2.45, 2.75) is 62.0 Å². The van der Waals surface area contributed by atoms with E-state index in [0.29, 0.717) is 0 Å². The predicted molar refractivity (Wildman–Crippen MR) is 72.5 cm³/mol. The lowest BCUT2D eigenvalue weighted by molar-refractivity contribution is -0.253. The van der Waals surface area contributed by atoms with Crippen LogP contribution in [0.2, 0.25) is 0 Å². The van der Waals surface area contributed by atoms with Crippen molar-refractivity contribution in [1.29, 1.82) is 0 Å². The molecule has 0 fully saturated rings. The molecule has 0 rings (SSSR count). The van der Waals surface area contributed by atoms with Gasteiger partial charge in [0.25, 0.3) is 0 Å². The van der Waals surface area contributed by atoms with Crippen LogP contribution in [0.4, 0.5) is 0 Å². The molecule has 10 N–H and O–H groups in total. The summed E-state index contributed by atoms with van der Waals surface area (Å²) in [6, 6.07) is 0. The van der Waals surface area contributed by atoms with Crippen LogP contribution in [-0.2, 0) is 4.74 Å². The Morgan fingerprint density at radius 1 is 0.609 bits per heavy atom. The number of aliphatic hydroxyl groups excluding tert-OH is 9. The van der Waals surface area contributed by atoms with E-state index in [2.05, 4.69) is 0 Å². The fourth-order valence-electron chi connectivity index (χ4n) is 1.80. The second-order valence-corrected chi connectivity index (χ2v) is 5.03. The predicted octanol–water partition coefficient (Wildman–Crippen LogP) is -5.43. The third kappa shape index (κ3) is 7.32. The second kappa shape index (κ2) is 11.2. The maximum Gasteiger partial charge on any atom is 0.183 e. The van der Waals surface area contributed by atoms with Crippen LogP contribution >= 0.6 is 0 Å². The minimum Gasteiger partial charge on any atom is -0.396 e. The first-order valence-electron chi connectivity index (χ1n) is 6.99. The van der Waals surface area contributed by atoms with E-state index in [1.165, 1.54) is 0 Å². The van der Waals surface area contributed by atoms with Gasteiger partial charge in [0.05, 0.1) is 12.2 Å². The molecule has 0 aromatic rings. The Kier molecular flexibility index (Phi) is 11.0. The normalized spacial score (nSPS) is 21.5. The topological polar surface area (TPSA) is 212 Å². The molecule has 0 saturated carbocycles. The molecule has 11 nitrogen and oxygen atoms in total. The van der Waals surface area contributed by atoms with E-state index in [1.807, 2.05) is 0 Å². The lowest BCUT2D eigenvalue weighted by atomic mass is 10.0. The molecule has 140 valence electrons. The number of ether oxygens (including phenoxy) is 1. The average molecular weight is 346 g/mol. The molecule has 7 atom stereocenters. The summed E-state index contributed by atoms with van der Waals surface area (Å²) < 4.78 is 4.81. The van der Waals surface area contributed by atoms with Gasteiger partial charge in [-0.1, -0.05) is 0 Å². The van der Waals surface area contributed by atoms with Crippen molar-refractivity contribution in [2.24, 2.45) is 0 Å². The van der Waals surface area contributed by atoms with Crippen molar-refractivity contribution in [3.05, 3.63) is 0 Å². The van der Waals surface area contributed by atoms with Crippen molar-refractivity contribution < 1.29 is 55.8 Å². The zero-order chi connectivity index (χ0) is 18.2. The number of hydrogen-bond donors (Lipinski definition) is 10. The van der Waals surface area contributed by atoms with Crippen molar-refractivity contribution >= 4 is 0 Å². The maximum absolute atomic E-state index is 9.70. The standard InChI is InChI=1S/C12H26O11/c13-3-1-5(15)7(16)10(19)12(22)23-6(2-4-14)8(17)9(18)11(20)21/h5-22H,1-4H2/t5-,6-,7-,8?,9-,10?,12+/m0/s1. The molecule has 0 aliphatic carbocycles. The zero-order valence-corrected chi connectivity index (χ0v) is 12.3. The summed E-state index contributed by atoms with van der Waals surface area (Å²) in [4.78, 5) is 0. The van der Waals surface area contributed by atoms with Gasteiger partial charge >= 0.3 is 0 Å². The quantitative estimate of drug-likeness (QED) is 0.151. The van der Waals surface area contributed by atoms with Crippen LogP contribution in [0.3, 0.4) is 0 Å². The largest absolute Gasteiger partial charge is 0.396 e. The molecule has 0 aromatic carbocycles. The molecular formula is C12H26O11. The second-order valence-electron chi connectivity index (χ2n) is 5.03. The van der Waals surface area contributed by atoms with Crippen molar-refractivity contribution in [2.75, 3.05) is 13.2 Å². The summed E-state index contributed by atoms with van der Waals surface area (Å²) in [5.41, 5.74) is 0. The third-order valence-corrected chi connectivity index (χ3v) is 3.23. The van der Waals surface area contributed by atoms with Gasteiger partial charge in [0.2, 0.25) is 0 Å². The molecule has 11 heteroatoms. The Balaban J connectivity index is 4.79. The smallest absolute Gasteiger partial charge is 0.183 e. The summed E-state index contributed by atoms with van der Waals surface area (Å²) >= 11 is 0. The van der Waals surface area contributed by atoms with Gasteiger partial charge in [-0.3, -0.25) is 0 Å². The molecule has 0 bridgehead atoms. The maximum atomic E-state index is 9.70. The molecule has 0 amide bonds. The van der Waals surface area contributed by atoms with E-state index < -0.39 is 62.4 Å². The summed E-state index contributed by atoms with van der Waals surface area (Å²) in [5, 5.41) is 92.4. The Bertz CT molecular complexity index is 303. The fraction of sp³-hybridized carbons (Fsp3) is 1.00. The summed E-state index contributed by atoms with van der Waals surface area (Å²) in [5.74, 6) is 0.